The van der Waals surface area contributed by atoms with Crippen molar-refractivity contribution < 1.29 is 19.4 Å². The maximum atomic E-state index is 11.0. The average Bonchev–Trinajstić information content (AvgIpc) is 2.50. The summed E-state index contributed by atoms with van der Waals surface area (Å²) in [5.74, 6) is 1.31. The maximum Gasteiger partial charge on any atom is 0.412 e. The molecule has 2 rings (SSSR count). The van der Waals surface area contributed by atoms with E-state index >= 15 is 0 Å². The summed E-state index contributed by atoms with van der Waals surface area (Å²) in [6.07, 6.45) is -0.464. The fourth-order valence-corrected chi connectivity index (χ4v) is 1.46. The smallest absolute Gasteiger partial charge is 0.412 e. The second kappa shape index (κ2) is 9.28. The summed E-state index contributed by atoms with van der Waals surface area (Å²) in [5.41, 5.74) is 0. The second-order valence-corrected chi connectivity index (χ2v) is 4.59. The highest BCUT2D eigenvalue weighted by molar-refractivity contribution is 5.70. The molecule has 0 aliphatic heterocycles. The van der Waals surface area contributed by atoms with Crippen LogP contribution in [0, 0.1) is 0 Å². The van der Waals surface area contributed by atoms with E-state index in [0.29, 0.717) is 17.2 Å². The van der Waals surface area contributed by atoms with Crippen molar-refractivity contribution in [3.63, 3.8) is 0 Å². The third-order valence-corrected chi connectivity index (χ3v) is 2.37. The van der Waals surface area contributed by atoms with E-state index in [9.17, 15) is 4.79 Å². The maximum absolute atomic E-state index is 11.0. The molecule has 0 radical (unpaired) electrons. The van der Waals surface area contributed by atoms with Crippen LogP contribution in [-0.4, -0.2) is 24.4 Å². The monoisotopic (exact) mass is 303 g/mol. The van der Waals surface area contributed by atoms with Gasteiger partial charge in [-0.05, 0) is 38.1 Å². The molecule has 2 N–H and O–H groups in total. The van der Waals surface area contributed by atoms with Crippen molar-refractivity contribution in [2.75, 3.05) is 7.05 Å². The van der Waals surface area contributed by atoms with E-state index in [0.717, 1.165) is 0 Å². The van der Waals surface area contributed by atoms with Gasteiger partial charge in [-0.3, -0.25) is 0 Å². The van der Waals surface area contributed by atoms with Crippen molar-refractivity contribution >= 4 is 6.09 Å². The lowest BCUT2D eigenvalue weighted by molar-refractivity contribution is 0.194. The number of rotatable bonds is 3. The predicted molar refractivity (Wildman–Crippen MR) is 85.4 cm³/mol. The molecule has 5 nitrogen and oxygen atoms in total. The van der Waals surface area contributed by atoms with Crippen LogP contribution < -0.4 is 14.8 Å². The van der Waals surface area contributed by atoms with E-state index < -0.39 is 6.09 Å². The molecule has 0 aromatic heterocycles. The Morgan fingerprint density at radius 1 is 1.00 bits per heavy atom. The third-order valence-electron chi connectivity index (χ3n) is 2.37. The summed E-state index contributed by atoms with van der Waals surface area (Å²) in [5, 5.41) is 11.0. The molecule has 2 aromatic rings. The molecule has 0 atom stereocenters. The molecular weight excluding hydrogens is 282 g/mol. The highest BCUT2D eigenvalue weighted by Crippen LogP contribution is 2.27. The molecule has 0 unspecified atom stereocenters. The van der Waals surface area contributed by atoms with Gasteiger partial charge >= 0.3 is 6.09 Å². The number of amides is 1. The number of phenols is 1. The van der Waals surface area contributed by atoms with Gasteiger partial charge in [0, 0.05) is 7.05 Å². The van der Waals surface area contributed by atoms with E-state index in [1.165, 1.54) is 7.05 Å². The zero-order valence-corrected chi connectivity index (χ0v) is 12.9. The summed E-state index contributed by atoms with van der Waals surface area (Å²) in [7, 11) is 1.51. The van der Waals surface area contributed by atoms with Crippen molar-refractivity contribution in [2.24, 2.45) is 0 Å². The minimum atomic E-state index is -0.505. The zero-order chi connectivity index (χ0) is 16.4. The molecule has 0 bridgehead atoms. The van der Waals surface area contributed by atoms with Crippen molar-refractivity contribution in [3.8, 4) is 17.2 Å². The van der Waals surface area contributed by atoms with Crippen LogP contribution in [-0.2, 0) is 0 Å². The molecule has 1 amide bonds. The molecule has 0 saturated heterocycles. The first-order valence-corrected chi connectivity index (χ1v) is 6.92. The average molecular weight is 303 g/mol. The Morgan fingerprint density at radius 2 is 1.55 bits per heavy atom. The molecule has 5 heteroatoms. The number of nitrogens with one attached hydrogen (secondary N) is 1. The lowest BCUT2D eigenvalue weighted by Gasteiger charge is -2.13. The first kappa shape index (κ1) is 17.4. The molecule has 0 spiro atoms. The number of para-hydroxylation sites is 3. The van der Waals surface area contributed by atoms with Gasteiger partial charge in [0.05, 0.1) is 6.10 Å². The Balaban J connectivity index is 0.000000287. The fourth-order valence-electron chi connectivity index (χ4n) is 1.46. The van der Waals surface area contributed by atoms with E-state index in [2.05, 4.69) is 5.32 Å². The van der Waals surface area contributed by atoms with Crippen LogP contribution in [0.4, 0.5) is 4.79 Å². The normalized spacial score (nSPS) is 9.45. The summed E-state index contributed by atoms with van der Waals surface area (Å²) in [6.45, 7) is 3.83. The van der Waals surface area contributed by atoms with Gasteiger partial charge < -0.3 is 19.9 Å². The minimum Gasteiger partial charge on any atom is -0.508 e. The van der Waals surface area contributed by atoms with Crippen molar-refractivity contribution in [3.05, 3.63) is 54.6 Å². The van der Waals surface area contributed by atoms with Crippen LogP contribution in [0.3, 0.4) is 0 Å². The van der Waals surface area contributed by atoms with Gasteiger partial charge in [-0.1, -0.05) is 30.3 Å². The Hall–Kier alpha value is -2.69. The third kappa shape index (κ3) is 6.65. The van der Waals surface area contributed by atoms with Crippen LogP contribution >= 0.6 is 0 Å². The first-order valence-electron chi connectivity index (χ1n) is 6.92. The first-order chi connectivity index (χ1) is 10.5. The topological polar surface area (TPSA) is 67.8 Å². The van der Waals surface area contributed by atoms with Crippen LogP contribution in [0.25, 0.3) is 0 Å². The number of hydrogen-bond acceptors (Lipinski definition) is 4. The van der Waals surface area contributed by atoms with Crippen LogP contribution in [0.2, 0.25) is 0 Å². The van der Waals surface area contributed by atoms with Crippen molar-refractivity contribution in [1.29, 1.82) is 0 Å². The van der Waals surface area contributed by atoms with Gasteiger partial charge in [0.25, 0.3) is 0 Å². The second-order valence-electron chi connectivity index (χ2n) is 4.59. The van der Waals surface area contributed by atoms with Crippen LogP contribution in [0.15, 0.2) is 54.6 Å². The van der Waals surface area contributed by atoms with Gasteiger partial charge in [-0.2, -0.15) is 0 Å². The molecule has 22 heavy (non-hydrogen) atoms. The standard InChI is InChI=1S/C11H15NO3.C6H6O/c1-8(2)14-9-6-4-5-7-10(9)15-11(13)12-3;7-6-4-2-1-3-5-6/h4-8H,1-3H3,(H,12,13);1-5,7H. The summed E-state index contributed by atoms with van der Waals surface area (Å²) < 4.78 is 10.5. The number of aromatic hydroxyl groups is 1. The fraction of sp³-hybridized carbons (Fsp3) is 0.235. The SMILES string of the molecule is CNC(=O)Oc1ccccc1OC(C)C.Oc1ccccc1. The molecule has 0 heterocycles. The molecule has 0 aliphatic rings. The van der Waals surface area contributed by atoms with Crippen LogP contribution in [0.5, 0.6) is 17.2 Å². The number of benzene rings is 2. The molecule has 0 saturated carbocycles. The van der Waals surface area contributed by atoms with E-state index in [4.69, 9.17) is 14.6 Å². The molecule has 0 fully saturated rings. The zero-order valence-electron chi connectivity index (χ0n) is 12.9. The van der Waals surface area contributed by atoms with Gasteiger partial charge in [0.1, 0.15) is 5.75 Å². The minimum absolute atomic E-state index is 0.0411. The van der Waals surface area contributed by atoms with E-state index in [-0.39, 0.29) is 6.10 Å². The number of phenolic OH excluding ortho intramolecular Hbond substituents is 1. The summed E-state index contributed by atoms with van der Waals surface area (Å²) in [4.78, 5) is 11.0. The Kier molecular flexibility index (Phi) is 7.33. The van der Waals surface area contributed by atoms with Gasteiger partial charge in [-0.25, -0.2) is 4.79 Å². The van der Waals surface area contributed by atoms with Crippen molar-refractivity contribution in [2.45, 2.75) is 20.0 Å². The Bertz CT molecular complexity index is 570. The van der Waals surface area contributed by atoms with Gasteiger partial charge in [-0.15, -0.1) is 0 Å². The van der Waals surface area contributed by atoms with Gasteiger partial charge in [0.15, 0.2) is 11.5 Å². The lowest BCUT2D eigenvalue weighted by Crippen LogP contribution is -2.22. The number of carbonyl (C=O) groups is 1. The molecule has 118 valence electrons. The lowest BCUT2D eigenvalue weighted by atomic mass is 10.3. The Morgan fingerprint density at radius 3 is 2.00 bits per heavy atom. The number of ether oxygens (including phenoxy) is 2. The summed E-state index contributed by atoms with van der Waals surface area (Å²) >= 11 is 0. The van der Waals surface area contributed by atoms with Gasteiger partial charge in [0.2, 0.25) is 0 Å². The molecular formula is C17H21NO4. The van der Waals surface area contributed by atoms with E-state index in [1.54, 1.807) is 42.5 Å². The molecule has 0 aliphatic carbocycles. The number of carbonyl (C=O) groups excluding carboxylic acids is 1. The largest absolute Gasteiger partial charge is 0.508 e. The number of hydrogen-bond donors (Lipinski definition) is 2. The van der Waals surface area contributed by atoms with E-state index in [1.807, 2.05) is 26.0 Å². The predicted octanol–water partition coefficient (Wildman–Crippen LogP) is 3.58. The highest BCUT2D eigenvalue weighted by Gasteiger charge is 2.09. The van der Waals surface area contributed by atoms with Crippen LogP contribution in [0.1, 0.15) is 13.8 Å². The highest BCUT2D eigenvalue weighted by atomic mass is 16.6. The molecule has 2 aromatic carbocycles. The quantitative estimate of drug-likeness (QED) is 0.909. The summed E-state index contributed by atoms with van der Waals surface area (Å²) in [6, 6.07) is 15.8. The van der Waals surface area contributed by atoms with Crippen molar-refractivity contribution in [1.82, 2.24) is 5.32 Å². The Labute approximate surface area is 130 Å².